The summed E-state index contributed by atoms with van der Waals surface area (Å²) in [4.78, 5) is 13.2. The quantitative estimate of drug-likeness (QED) is 0.112. The van der Waals surface area contributed by atoms with Crippen LogP contribution in [0.3, 0.4) is 0 Å². The van der Waals surface area contributed by atoms with E-state index in [1.54, 1.807) is 0 Å². The molecule has 106 heavy (non-hydrogen) atoms. The van der Waals surface area contributed by atoms with E-state index in [0.29, 0.717) is 11.3 Å². The van der Waals surface area contributed by atoms with Crippen LogP contribution < -0.4 is 0 Å². The highest BCUT2D eigenvalue weighted by Gasteiger charge is 2.23. The van der Waals surface area contributed by atoms with Gasteiger partial charge in [0.15, 0.2) is 5.69 Å². The Morgan fingerprint density at radius 1 is 0.264 bits per heavy atom. The lowest BCUT2D eigenvalue weighted by molar-refractivity contribution is 1.18. The summed E-state index contributed by atoms with van der Waals surface area (Å²) in [6, 6.07) is 119. The molecular formula is C100H56N6. The van der Waals surface area contributed by atoms with Crippen molar-refractivity contribution in [1.82, 2.24) is 19.1 Å². The van der Waals surface area contributed by atoms with Crippen molar-refractivity contribution in [1.29, 1.82) is 5.26 Å². The van der Waals surface area contributed by atoms with Gasteiger partial charge in [-0.3, -0.25) is 9.97 Å². The van der Waals surface area contributed by atoms with Gasteiger partial charge in [0.25, 0.3) is 0 Å². The van der Waals surface area contributed by atoms with Crippen LogP contribution >= 0.6 is 0 Å². The lowest BCUT2D eigenvalue weighted by Crippen LogP contribution is -1.94. The molecule has 0 saturated heterocycles. The molecular weight excluding hydrogens is 1290 g/mol. The van der Waals surface area contributed by atoms with Crippen LogP contribution in [0.25, 0.3) is 224 Å². The predicted octanol–water partition coefficient (Wildman–Crippen LogP) is 26.9. The van der Waals surface area contributed by atoms with Crippen LogP contribution in [-0.4, -0.2) is 19.1 Å². The van der Waals surface area contributed by atoms with Gasteiger partial charge in [-0.1, -0.05) is 176 Å². The average molecular weight is 1340 g/mol. The number of nitrogens with zero attached hydrogens (tertiary/aromatic N) is 6. The van der Waals surface area contributed by atoms with E-state index < -0.39 is 0 Å². The van der Waals surface area contributed by atoms with E-state index in [0.717, 1.165) is 77.7 Å². The van der Waals surface area contributed by atoms with Gasteiger partial charge in [-0.25, -0.2) is 4.85 Å². The van der Waals surface area contributed by atoms with Crippen LogP contribution in [0.1, 0.15) is 5.56 Å². The maximum Gasteiger partial charge on any atom is 0.189 e. The Morgan fingerprint density at radius 2 is 0.632 bits per heavy atom. The van der Waals surface area contributed by atoms with E-state index in [2.05, 4.69) is 304 Å². The zero-order valence-corrected chi connectivity index (χ0v) is 57.0. The monoisotopic (exact) mass is 1340 g/mol. The van der Waals surface area contributed by atoms with Crippen molar-refractivity contribution in [2.24, 2.45) is 0 Å². The third kappa shape index (κ3) is 9.22. The minimum atomic E-state index is 0.647. The molecule has 19 aromatic carbocycles. The molecule has 4 aromatic heterocycles. The largest absolute Gasteiger partial charge is 0.310 e. The van der Waals surface area contributed by atoms with E-state index in [1.807, 2.05) is 61.1 Å². The standard InChI is InChI=1S/C52H29N3.C48H27N3/c1-53-44-27-39-18-17-38-24-42(28-47-51(38)52(39)48(29-44)55(47)45-9-3-2-4-10-45)40-19-20-46(54-30-40)43-25-36-15-13-34-22-41(23-35-14-16-37(26-43)50(36)49(34)35)33-12-11-31-7-5-6-8-32(31)21-33;49-27-29-18-32-11-16-37-25-41(26-44-48(37)47(32)43(19-29)51(44)42-9-2-1-3-10-42)31-7-4-6-30(20-31)39-21-33-12-14-35-23-40(38-8-5-17-50-28-38)24-36-15-13-34(22-39)45(33)46(35)36/h2-30H;1-26,28H. The summed E-state index contributed by atoms with van der Waals surface area (Å²) in [6.07, 6.45) is 5.76. The summed E-state index contributed by atoms with van der Waals surface area (Å²) in [5, 5.41) is 37.0. The molecule has 4 heterocycles. The van der Waals surface area contributed by atoms with Crippen LogP contribution in [0.4, 0.5) is 5.69 Å². The first kappa shape index (κ1) is 59.2. The highest BCUT2D eigenvalue weighted by Crippen LogP contribution is 2.47. The number of rotatable bonds is 8. The van der Waals surface area contributed by atoms with Crippen molar-refractivity contribution < 1.29 is 0 Å². The van der Waals surface area contributed by atoms with Crippen molar-refractivity contribution >= 4 is 146 Å². The minimum absolute atomic E-state index is 0.647. The normalized spacial score (nSPS) is 11.9. The highest BCUT2D eigenvalue weighted by atomic mass is 15.0. The number of hydrogen-bond donors (Lipinski definition) is 0. The fraction of sp³-hybridized carbons (Fsp3) is 0. The first-order chi connectivity index (χ1) is 52.4. The first-order valence-corrected chi connectivity index (χ1v) is 35.9. The maximum atomic E-state index is 9.88. The molecule has 0 amide bonds. The second kappa shape index (κ2) is 23.0. The van der Waals surface area contributed by atoms with Gasteiger partial charge in [-0.2, -0.15) is 5.26 Å². The molecule has 0 aliphatic carbocycles. The topological polar surface area (TPSA) is 63.8 Å². The number of hydrogen-bond acceptors (Lipinski definition) is 3. The van der Waals surface area contributed by atoms with Gasteiger partial charge in [0.2, 0.25) is 0 Å². The number of para-hydroxylation sites is 2. The van der Waals surface area contributed by atoms with Gasteiger partial charge in [-0.15, -0.1) is 0 Å². The van der Waals surface area contributed by atoms with Gasteiger partial charge < -0.3 is 9.13 Å². The van der Waals surface area contributed by atoms with E-state index in [1.165, 1.54) is 141 Å². The Kier molecular flexibility index (Phi) is 12.8. The Bertz CT molecular complexity index is 7490. The molecule has 6 heteroatoms. The Labute approximate surface area is 608 Å². The molecule has 0 radical (unpaired) electrons. The van der Waals surface area contributed by atoms with Crippen molar-refractivity contribution in [3.63, 3.8) is 0 Å². The SMILES string of the molecule is N#Cc1cc2ccc3cc(-c4cccc(-c5cc6ccc7cc(-c8cccnc8)cc8ccc(c5)c6c78)c4)cc4c3c2c(c1)n4-c1ccccc1.[C-]#[N+]c1cc2ccc3cc(-c4ccc(-c5cc6ccc7cc(-c8ccc9ccccc9c8)cc8ccc(c5)c6c78)nc4)cc4c3c2c(c1)n4-c1ccccc1. The molecule has 0 spiro atoms. The Morgan fingerprint density at radius 3 is 1.10 bits per heavy atom. The third-order valence-electron chi connectivity index (χ3n) is 22.3. The molecule has 486 valence electrons. The van der Waals surface area contributed by atoms with Gasteiger partial charge in [0, 0.05) is 73.7 Å². The lowest BCUT2D eigenvalue weighted by atomic mass is 9.89. The highest BCUT2D eigenvalue weighted by molar-refractivity contribution is 6.29. The molecule has 0 N–H and O–H groups in total. The minimum Gasteiger partial charge on any atom is -0.310 e. The van der Waals surface area contributed by atoms with Gasteiger partial charge in [0.05, 0.1) is 40.4 Å². The maximum absolute atomic E-state index is 9.88. The molecule has 6 nitrogen and oxygen atoms in total. The van der Waals surface area contributed by atoms with Crippen LogP contribution in [0.5, 0.6) is 0 Å². The molecule has 0 unspecified atom stereocenters. The van der Waals surface area contributed by atoms with E-state index in [4.69, 9.17) is 11.6 Å². The van der Waals surface area contributed by atoms with Crippen molar-refractivity contribution in [2.45, 2.75) is 0 Å². The predicted molar refractivity (Wildman–Crippen MR) is 443 cm³/mol. The Balaban J connectivity index is 0.000000133. The van der Waals surface area contributed by atoms with Crippen LogP contribution in [-0.2, 0) is 0 Å². The summed E-state index contributed by atoms with van der Waals surface area (Å²) in [7, 11) is 0. The lowest BCUT2D eigenvalue weighted by Gasteiger charge is -2.15. The molecule has 0 atom stereocenters. The third-order valence-corrected chi connectivity index (χ3v) is 22.3. The zero-order valence-electron chi connectivity index (χ0n) is 57.0. The fourth-order valence-corrected chi connectivity index (χ4v) is 17.5. The van der Waals surface area contributed by atoms with Crippen molar-refractivity contribution in [3.05, 3.63) is 357 Å². The van der Waals surface area contributed by atoms with E-state index >= 15 is 0 Å². The zero-order chi connectivity index (χ0) is 69.8. The molecule has 23 aromatic rings. The summed E-state index contributed by atoms with van der Waals surface area (Å²) in [6.45, 7) is 7.77. The van der Waals surface area contributed by atoms with Gasteiger partial charge in [0.1, 0.15) is 0 Å². The summed E-state index contributed by atoms with van der Waals surface area (Å²) in [5.74, 6) is 0. The Hall–Kier alpha value is -14.6. The van der Waals surface area contributed by atoms with Crippen molar-refractivity contribution in [3.8, 4) is 84.3 Å². The van der Waals surface area contributed by atoms with Crippen molar-refractivity contribution in [2.75, 3.05) is 0 Å². The van der Waals surface area contributed by atoms with E-state index in [9.17, 15) is 5.26 Å². The smallest absolute Gasteiger partial charge is 0.189 e. The van der Waals surface area contributed by atoms with Crippen LogP contribution in [0, 0.1) is 17.9 Å². The number of benzene rings is 19. The summed E-state index contributed by atoms with van der Waals surface area (Å²) in [5.41, 5.74) is 21.6. The summed E-state index contributed by atoms with van der Waals surface area (Å²) >= 11 is 0. The second-order valence-electron chi connectivity index (χ2n) is 28.3. The molecule has 0 aliphatic heterocycles. The number of pyridine rings is 2. The van der Waals surface area contributed by atoms with Crippen LogP contribution in [0.15, 0.2) is 340 Å². The molecule has 0 saturated carbocycles. The molecule has 0 aliphatic rings. The molecule has 0 fully saturated rings. The van der Waals surface area contributed by atoms with Gasteiger partial charge >= 0.3 is 0 Å². The number of fused-ring (bicyclic) bond motifs is 1. The average Bonchev–Trinajstić information content (AvgIpc) is 1.31. The molecule has 23 rings (SSSR count). The van der Waals surface area contributed by atoms with Gasteiger partial charge in [-0.05, 0) is 287 Å². The number of nitriles is 1. The number of aromatic nitrogens is 4. The summed E-state index contributed by atoms with van der Waals surface area (Å²) < 4.78 is 4.62. The first-order valence-electron chi connectivity index (χ1n) is 35.9. The fourth-order valence-electron chi connectivity index (χ4n) is 17.5. The van der Waals surface area contributed by atoms with E-state index in [-0.39, 0.29) is 0 Å². The second-order valence-corrected chi connectivity index (χ2v) is 28.3. The molecule has 0 bridgehead atoms. The van der Waals surface area contributed by atoms with Crippen LogP contribution in [0.2, 0.25) is 0 Å².